The first-order valence-electron chi connectivity index (χ1n) is 8.26. The molecule has 0 amide bonds. The Balaban J connectivity index is 2.61. The highest BCUT2D eigenvalue weighted by Crippen LogP contribution is 2.21. The minimum absolute atomic E-state index is 0.341. The van der Waals surface area contributed by atoms with Crippen molar-refractivity contribution in [1.29, 1.82) is 0 Å². The number of ether oxygens (including phenoxy) is 1. The molecule has 140 valence electrons. The molecule has 1 rings (SSSR count). The number of esters is 1. The molecule has 4 atom stereocenters. The van der Waals surface area contributed by atoms with Gasteiger partial charge in [-0.1, -0.05) is 6.58 Å². The Bertz CT molecular complexity index is 420. The molecule has 0 aromatic heterocycles. The van der Waals surface area contributed by atoms with E-state index in [9.17, 15) is 4.79 Å². The summed E-state index contributed by atoms with van der Waals surface area (Å²) < 4.78 is 35.5. The van der Waals surface area contributed by atoms with E-state index in [4.69, 9.17) is 25.3 Å². The van der Waals surface area contributed by atoms with E-state index in [1.165, 1.54) is 0 Å². The molecule has 0 spiro atoms. The van der Waals surface area contributed by atoms with Crippen molar-refractivity contribution in [1.82, 2.24) is 0 Å². The Morgan fingerprint density at radius 1 is 1.00 bits per heavy atom. The molecule has 1 saturated heterocycles. The van der Waals surface area contributed by atoms with E-state index in [1.54, 1.807) is 6.92 Å². The van der Waals surface area contributed by atoms with Gasteiger partial charge in [0.25, 0.3) is 37.1 Å². The maximum atomic E-state index is 11.4. The molecular formula is C12H30O7Si5. The van der Waals surface area contributed by atoms with Crippen LogP contribution >= 0.6 is 0 Å². The second-order valence-electron chi connectivity index (χ2n) is 6.07. The van der Waals surface area contributed by atoms with Crippen molar-refractivity contribution in [2.45, 2.75) is 52.1 Å². The summed E-state index contributed by atoms with van der Waals surface area (Å²) in [6.07, 6.45) is 0.695. The molecule has 24 heavy (non-hydrogen) atoms. The van der Waals surface area contributed by atoms with Gasteiger partial charge >= 0.3 is 14.5 Å². The molecular weight excluding hydrogens is 397 g/mol. The Kier molecular flexibility index (Phi) is 9.49. The first kappa shape index (κ1) is 22.1. The van der Waals surface area contributed by atoms with E-state index in [-0.39, 0.29) is 5.97 Å². The van der Waals surface area contributed by atoms with Gasteiger partial charge < -0.3 is 25.3 Å². The van der Waals surface area contributed by atoms with Crippen molar-refractivity contribution in [3.63, 3.8) is 0 Å². The van der Waals surface area contributed by atoms with Gasteiger partial charge in [0.1, 0.15) is 0 Å². The quantitative estimate of drug-likeness (QED) is 0.282. The van der Waals surface area contributed by atoms with E-state index in [2.05, 4.69) is 6.58 Å². The normalized spacial score (nSPS) is 35.2. The summed E-state index contributed by atoms with van der Waals surface area (Å²) in [5, 5.41) is 0. The van der Waals surface area contributed by atoms with Gasteiger partial charge in [0, 0.05) is 5.57 Å². The Hall–Kier alpha value is 0.0944. The van der Waals surface area contributed by atoms with Crippen LogP contribution in [-0.4, -0.2) is 58.3 Å². The van der Waals surface area contributed by atoms with Crippen LogP contribution in [0.2, 0.25) is 38.8 Å². The number of hydrogen-bond donors (Lipinski definition) is 0. The highest BCUT2D eigenvalue weighted by molar-refractivity contribution is 6.80. The largest absolute Gasteiger partial charge is 0.462 e. The average Bonchev–Trinajstić information content (AvgIpc) is 2.40. The smallest absolute Gasteiger partial charge is 0.333 e. The van der Waals surface area contributed by atoms with Crippen LogP contribution in [0.15, 0.2) is 12.2 Å². The van der Waals surface area contributed by atoms with E-state index in [0.29, 0.717) is 18.6 Å². The lowest BCUT2D eigenvalue weighted by atomic mass is 10.4. The van der Waals surface area contributed by atoms with Gasteiger partial charge in [-0.05, 0) is 52.1 Å². The van der Waals surface area contributed by atoms with Crippen LogP contribution in [0, 0.1) is 0 Å². The maximum Gasteiger partial charge on any atom is 0.333 e. The van der Waals surface area contributed by atoms with Crippen molar-refractivity contribution in [3.05, 3.63) is 12.2 Å². The van der Waals surface area contributed by atoms with Crippen molar-refractivity contribution in [3.8, 4) is 0 Å². The lowest BCUT2D eigenvalue weighted by Gasteiger charge is -2.36. The van der Waals surface area contributed by atoms with Gasteiger partial charge in [-0.2, -0.15) is 0 Å². The summed E-state index contributed by atoms with van der Waals surface area (Å²) in [5.41, 5.74) is 0.409. The van der Waals surface area contributed by atoms with Crippen LogP contribution in [0.4, 0.5) is 0 Å². The predicted octanol–water partition coefficient (Wildman–Crippen LogP) is 1.07. The summed E-state index contributed by atoms with van der Waals surface area (Å²) in [7, 11) is -9.40. The van der Waals surface area contributed by atoms with Gasteiger partial charge in [-0.15, -0.1) is 0 Å². The third-order valence-corrected chi connectivity index (χ3v) is 20.4. The molecule has 0 bridgehead atoms. The summed E-state index contributed by atoms with van der Waals surface area (Å²) in [6, 6.07) is 0.741. The molecule has 12 heteroatoms. The zero-order valence-electron chi connectivity index (χ0n) is 15.5. The molecule has 1 aliphatic heterocycles. The predicted molar refractivity (Wildman–Crippen MR) is 104 cm³/mol. The average molecular weight is 427 g/mol. The molecule has 4 unspecified atom stereocenters. The third-order valence-electron chi connectivity index (χ3n) is 3.34. The first-order chi connectivity index (χ1) is 11.1. The fourth-order valence-corrected chi connectivity index (χ4v) is 20.1. The van der Waals surface area contributed by atoms with E-state index in [1.807, 2.05) is 32.7 Å². The van der Waals surface area contributed by atoms with E-state index in [0.717, 1.165) is 6.04 Å². The number of hydrogen-bond acceptors (Lipinski definition) is 7. The molecule has 0 aromatic carbocycles. The molecule has 0 N–H and O–H groups in total. The first-order valence-corrected chi connectivity index (χ1v) is 19.2. The van der Waals surface area contributed by atoms with Crippen LogP contribution in [-0.2, 0) is 30.1 Å². The highest BCUT2D eigenvalue weighted by Gasteiger charge is 2.38. The van der Waals surface area contributed by atoms with Crippen molar-refractivity contribution in [2.24, 2.45) is 0 Å². The molecule has 0 saturated carbocycles. The van der Waals surface area contributed by atoms with Gasteiger partial charge in [0.15, 0.2) is 0 Å². The van der Waals surface area contributed by atoms with Crippen LogP contribution in [0.1, 0.15) is 13.3 Å². The molecule has 1 fully saturated rings. The molecule has 1 heterocycles. The fourth-order valence-electron chi connectivity index (χ4n) is 2.46. The number of carbonyl (C=O) groups excluding carboxylic acids is 1. The monoisotopic (exact) mass is 426 g/mol. The lowest BCUT2D eigenvalue weighted by Crippen LogP contribution is -2.52. The minimum Gasteiger partial charge on any atom is -0.462 e. The summed E-state index contributed by atoms with van der Waals surface area (Å²) >= 11 is 0. The third kappa shape index (κ3) is 8.46. The highest BCUT2D eigenvalue weighted by atomic mass is 28.5. The maximum absolute atomic E-state index is 11.4. The molecule has 1 aliphatic rings. The van der Waals surface area contributed by atoms with Gasteiger partial charge in [0.2, 0.25) is 0 Å². The standard InChI is InChI=1S/C12H30O7Si5/c1-11(2)12(13)14-9-8-10-24(7)18-22(5)16-20(3)15-21(4)17-23(6)19-24/h20-23H,1,8-10H2,2-7H3. The lowest BCUT2D eigenvalue weighted by molar-refractivity contribution is -0.138. The number of carbonyl (C=O) groups is 1. The minimum atomic E-state index is -2.41. The van der Waals surface area contributed by atoms with Gasteiger partial charge in [-0.25, -0.2) is 4.79 Å². The Labute approximate surface area is 152 Å². The van der Waals surface area contributed by atoms with E-state index >= 15 is 0 Å². The van der Waals surface area contributed by atoms with Crippen LogP contribution in [0.25, 0.3) is 0 Å². The molecule has 0 aliphatic carbocycles. The number of rotatable bonds is 5. The summed E-state index contributed by atoms with van der Waals surface area (Å²) in [6.45, 7) is 15.7. The Morgan fingerprint density at radius 3 is 1.92 bits per heavy atom. The van der Waals surface area contributed by atoms with Crippen molar-refractivity contribution < 1.29 is 30.1 Å². The van der Waals surface area contributed by atoms with Crippen molar-refractivity contribution >= 4 is 51.7 Å². The topological polar surface area (TPSA) is 72.5 Å². The second kappa shape index (κ2) is 10.3. The summed E-state index contributed by atoms with van der Waals surface area (Å²) in [5.74, 6) is -0.358. The molecule has 0 aromatic rings. The van der Waals surface area contributed by atoms with Crippen LogP contribution < -0.4 is 0 Å². The molecule has 7 nitrogen and oxygen atoms in total. The van der Waals surface area contributed by atoms with Crippen LogP contribution in [0.5, 0.6) is 0 Å². The second-order valence-corrected chi connectivity index (χ2v) is 18.5. The van der Waals surface area contributed by atoms with Crippen molar-refractivity contribution in [2.75, 3.05) is 6.61 Å². The molecule has 0 radical (unpaired) electrons. The van der Waals surface area contributed by atoms with Gasteiger partial charge in [0.05, 0.1) is 6.61 Å². The van der Waals surface area contributed by atoms with Gasteiger partial charge in [-0.3, -0.25) is 0 Å². The van der Waals surface area contributed by atoms with E-state index < -0.39 is 45.7 Å². The zero-order valence-corrected chi connectivity index (χ0v) is 21.1. The Morgan fingerprint density at radius 2 is 1.46 bits per heavy atom. The SMILES string of the molecule is C=C(C)C(=O)OCCC[Si]1(C)O[SiH](C)O[SiH](C)O[SiH](C)O[SiH](C)O1. The fraction of sp³-hybridized carbons (Fsp3) is 0.750. The summed E-state index contributed by atoms with van der Waals surface area (Å²) in [4.78, 5) is 11.4. The van der Waals surface area contributed by atoms with Crippen LogP contribution in [0.3, 0.4) is 0 Å². The zero-order chi connectivity index (χ0) is 18.3.